The van der Waals surface area contributed by atoms with Crippen molar-refractivity contribution in [2.75, 3.05) is 0 Å². The summed E-state index contributed by atoms with van der Waals surface area (Å²) in [6, 6.07) is 4.91. The molecule has 11 heteroatoms. The zero-order chi connectivity index (χ0) is 18.2. The summed E-state index contributed by atoms with van der Waals surface area (Å²) in [6.07, 6.45) is 1.34. The number of hydrogen-bond acceptors (Lipinski definition) is 6. The first kappa shape index (κ1) is 17.1. The first-order chi connectivity index (χ1) is 11.8. The molecule has 0 fully saturated rings. The second kappa shape index (κ2) is 6.31. The number of fused-ring (bicyclic) bond motifs is 1. The van der Waals surface area contributed by atoms with Gasteiger partial charge in [-0.3, -0.25) is 9.36 Å². The average molecular weight is 369 g/mol. The molecule has 0 aliphatic heterocycles. The summed E-state index contributed by atoms with van der Waals surface area (Å²) in [6.45, 7) is 2.46. The minimum absolute atomic E-state index is 0.0930. The molecule has 2 aromatic heterocycles. The normalized spacial score (nSPS) is 12.2. The van der Waals surface area contributed by atoms with Gasteiger partial charge in [-0.2, -0.15) is 8.78 Å². The second-order valence-electron chi connectivity index (χ2n) is 5.20. The van der Waals surface area contributed by atoms with E-state index < -0.39 is 26.0 Å². The van der Waals surface area contributed by atoms with Gasteiger partial charge < -0.3 is 0 Å². The maximum Gasteiger partial charge on any atom is 0.341 e. The Hall–Kier alpha value is -2.69. The van der Waals surface area contributed by atoms with E-state index in [1.165, 1.54) is 27.7 Å². The van der Waals surface area contributed by atoms with Gasteiger partial charge in [-0.05, 0) is 24.6 Å². The van der Waals surface area contributed by atoms with E-state index in [0.29, 0.717) is 17.8 Å². The van der Waals surface area contributed by atoms with Crippen LogP contribution in [-0.2, 0) is 22.9 Å². The van der Waals surface area contributed by atoms with E-state index in [2.05, 4.69) is 15.3 Å². The van der Waals surface area contributed by atoms with E-state index in [0.717, 1.165) is 12.1 Å². The molecule has 3 rings (SSSR count). The lowest BCUT2D eigenvalue weighted by molar-refractivity contribution is 0.234. The number of alkyl halides is 2. The summed E-state index contributed by atoms with van der Waals surface area (Å²) < 4.78 is 50.6. The minimum atomic E-state index is -4.64. The van der Waals surface area contributed by atoms with E-state index in [1.807, 2.05) is 6.92 Å². The van der Waals surface area contributed by atoms with Gasteiger partial charge in [0.05, 0.1) is 11.4 Å². The lowest BCUT2D eigenvalue weighted by Crippen LogP contribution is -2.21. The Morgan fingerprint density at radius 1 is 1.20 bits per heavy atom. The molecule has 3 aromatic rings. The molecule has 25 heavy (non-hydrogen) atoms. The number of sulfone groups is 1. The van der Waals surface area contributed by atoms with E-state index in [-0.39, 0.29) is 12.1 Å². The molecule has 0 aliphatic carbocycles. The van der Waals surface area contributed by atoms with Gasteiger partial charge in [-0.1, -0.05) is 17.3 Å². The van der Waals surface area contributed by atoms with Gasteiger partial charge in [0.15, 0.2) is 11.2 Å². The Bertz CT molecular complexity index is 1070. The van der Waals surface area contributed by atoms with Crippen LogP contribution in [0.1, 0.15) is 12.5 Å². The summed E-state index contributed by atoms with van der Waals surface area (Å²) in [7, 11) is -4.64. The van der Waals surface area contributed by atoms with Crippen LogP contribution >= 0.6 is 0 Å². The second-order valence-corrected chi connectivity index (χ2v) is 7.12. The van der Waals surface area contributed by atoms with Crippen LogP contribution in [0.2, 0.25) is 0 Å². The van der Waals surface area contributed by atoms with Crippen molar-refractivity contribution in [1.29, 1.82) is 0 Å². The standard InChI is InChI=1S/C14H13F2N5O3S/c1-2-21-12-11(18-19-21)13(22)20(8-17-12)7-9-3-5-10(6-4-9)25(23,24)14(15)16/h3-6,8,14H,2,7H2,1H3. The van der Waals surface area contributed by atoms with Gasteiger partial charge >= 0.3 is 5.76 Å². The Labute approximate surface area is 140 Å². The van der Waals surface area contributed by atoms with E-state index in [9.17, 15) is 22.0 Å². The molecule has 1 aromatic carbocycles. The minimum Gasteiger partial charge on any atom is -0.293 e. The lowest BCUT2D eigenvalue weighted by Gasteiger charge is -2.07. The lowest BCUT2D eigenvalue weighted by atomic mass is 10.2. The molecule has 0 radical (unpaired) electrons. The van der Waals surface area contributed by atoms with Crippen LogP contribution in [0.15, 0.2) is 40.3 Å². The van der Waals surface area contributed by atoms with Gasteiger partial charge in [0.25, 0.3) is 5.56 Å². The molecular formula is C14H13F2N5O3S. The quantitative estimate of drug-likeness (QED) is 0.667. The van der Waals surface area contributed by atoms with Gasteiger partial charge in [0.2, 0.25) is 9.84 Å². The summed E-state index contributed by atoms with van der Waals surface area (Å²) >= 11 is 0. The van der Waals surface area contributed by atoms with Crippen LogP contribution in [0.4, 0.5) is 8.78 Å². The SMILES string of the molecule is CCn1nnc2c(=O)n(Cc3ccc(S(=O)(=O)C(F)F)cc3)cnc21. The zero-order valence-electron chi connectivity index (χ0n) is 13.0. The van der Waals surface area contributed by atoms with Crippen LogP contribution in [0.5, 0.6) is 0 Å². The predicted molar refractivity (Wildman–Crippen MR) is 84.0 cm³/mol. The highest BCUT2D eigenvalue weighted by atomic mass is 32.2. The van der Waals surface area contributed by atoms with E-state index in [4.69, 9.17) is 0 Å². The molecule has 0 aliphatic rings. The number of rotatable bonds is 5. The zero-order valence-corrected chi connectivity index (χ0v) is 13.8. The molecule has 0 atom stereocenters. The molecular weight excluding hydrogens is 356 g/mol. The molecule has 0 N–H and O–H groups in total. The number of aryl methyl sites for hydroxylation is 1. The summed E-state index contributed by atoms with van der Waals surface area (Å²) in [5, 5.41) is 7.64. The van der Waals surface area contributed by atoms with E-state index >= 15 is 0 Å². The molecule has 0 spiro atoms. The van der Waals surface area contributed by atoms with Crippen molar-refractivity contribution in [2.45, 2.75) is 30.7 Å². The van der Waals surface area contributed by atoms with Crippen LogP contribution in [-0.4, -0.2) is 38.7 Å². The van der Waals surface area contributed by atoms with Crippen LogP contribution in [0.25, 0.3) is 11.2 Å². The molecule has 0 bridgehead atoms. The summed E-state index contributed by atoms with van der Waals surface area (Å²) in [5.41, 5.74) is 0.664. The topological polar surface area (TPSA) is 99.7 Å². The number of benzene rings is 1. The van der Waals surface area contributed by atoms with Gasteiger partial charge in [-0.25, -0.2) is 18.1 Å². The smallest absolute Gasteiger partial charge is 0.293 e. The summed E-state index contributed by atoms with van der Waals surface area (Å²) in [5.74, 6) is -3.48. The Morgan fingerprint density at radius 3 is 2.48 bits per heavy atom. The molecule has 0 saturated heterocycles. The Balaban J connectivity index is 1.92. The third-order valence-electron chi connectivity index (χ3n) is 3.63. The molecule has 132 valence electrons. The van der Waals surface area contributed by atoms with Crippen molar-refractivity contribution in [3.63, 3.8) is 0 Å². The maximum atomic E-state index is 12.5. The van der Waals surface area contributed by atoms with Crippen LogP contribution in [0, 0.1) is 0 Å². The molecule has 8 nitrogen and oxygen atoms in total. The average Bonchev–Trinajstić information content (AvgIpc) is 3.01. The van der Waals surface area contributed by atoms with Gasteiger partial charge in [0.1, 0.15) is 6.33 Å². The fourth-order valence-electron chi connectivity index (χ4n) is 2.30. The Morgan fingerprint density at radius 2 is 1.88 bits per heavy atom. The van der Waals surface area contributed by atoms with Crippen molar-refractivity contribution in [2.24, 2.45) is 0 Å². The number of hydrogen-bond donors (Lipinski definition) is 0. The molecule has 0 amide bonds. The third kappa shape index (κ3) is 3.02. The van der Waals surface area contributed by atoms with Crippen molar-refractivity contribution in [3.8, 4) is 0 Å². The van der Waals surface area contributed by atoms with Gasteiger partial charge in [0, 0.05) is 6.54 Å². The summed E-state index contributed by atoms with van der Waals surface area (Å²) in [4.78, 5) is 16.1. The number of nitrogens with zero attached hydrogens (tertiary/aromatic N) is 5. The van der Waals surface area contributed by atoms with Crippen LogP contribution < -0.4 is 5.56 Å². The first-order valence-corrected chi connectivity index (χ1v) is 8.79. The third-order valence-corrected chi connectivity index (χ3v) is 5.03. The highest BCUT2D eigenvalue weighted by Gasteiger charge is 2.26. The largest absolute Gasteiger partial charge is 0.341 e. The van der Waals surface area contributed by atoms with Crippen molar-refractivity contribution in [1.82, 2.24) is 24.5 Å². The highest BCUT2D eigenvalue weighted by Crippen LogP contribution is 2.18. The fourth-order valence-corrected chi connectivity index (χ4v) is 3.02. The monoisotopic (exact) mass is 369 g/mol. The molecule has 0 saturated carbocycles. The number of halogens is 2. The van der Waals surface area contributed by atoms with Crippen molar-refractivity contribution >= 4 is 21.0 Å². The maximum absolute atomic E-state index is 12.5. The molecule has 0 unspecified atom stereocenters. The van der Waals surface area contributed by atoms with E-state index in [1.54, 1.807) is 0 Å². The van der Waals surface area contributed by atoms with Gasteiger partial charge in [-0.15, -0.1) is 5.10 Å². The first-order valence-electron chi connectivity index (χ1n) is 7.24. The highest BCUT2D eigenvalue weighted by molar-refractivity contribution is 7.91. The predicted octanol–water partition coefficient (Wildman–Crippen LogP) is 1.05. The van der Waals surface area contributed by atoms with Crippen molar-refractivity contribution in [3.05, 3.63) is 46.5 Å². The fraction of sp³-hybridized carbons (Fsp3) is 0.286. The molecule has 2 heterocycles. The van der Waals surface area contributed by atoms with Crippen molar-refractivity contribution < 1.29 is 17.2 Å². The Kier molecular flexibility index (Phi) is 4.33. The van der Waals surface area contributed by atoms with Crippen LogP contribution in [0.3, 0.4) is 0 Å². The number of aromatic nitrogens is 5.